The van der Waals surface area contributed by atoms with Gasteiger partial charge in [0.25, 0.3) is 11.8 Å². The number of hydrogen-bond donors (Lipinski definition) is 0. The molecule has 2 amide bonds. The topological polar surface area (TPSA) is 72.9 Å². The Balaban J connectivity index is 1.62. The minimum atomic E-state index is -0.683. The summed E-state index contributed by atoms with van der Waals surface area (Å²) in [5.74, 6) is -1.31. The van der Waals surface area contributed by atoms with E-state index in [1.807, 2.05) is 6.07 Å². The van der Waals surface area contributed by atoms with Gasteiger partial charge in [0.2, 0.25) is 0 Å². The molecular weight excluding hydrogens is 330 g/mol. The van der Waals surface area contributed by atoms with Gasteiger partial charge in [0.1, 0.15) is 5.75 Å². The number of methoxy groups -OCH3 is 1. The van der Waals surface area contributed by atoms with Crippen LogP contribution < -0.4 is 4.74 Å². The Morgan fingerprint density at radius 2 is 1.71 bits per heavy atom. The smallest absolute Gasteiger partial charge is 0.343 e. The van der Waals surface area contributed by atoms with Crippen LogP contribution in [0.3, 0.4) is 0 Å². The molecule has 1 aliphatic rings. The predicted molar refractivity (Wildman–Crippen MR) is 86.8 cm³/mol. The summed E-state index contributed by atoms with van der Waals surface area (Å²) in [7, 11) is 1.56. The third kappa shape index (κ3) is 3.11. The molecule has 0 aliphatic carbocycles. The molecule has 6 nitrogen and oxygen atoms in total. The van der Waals surface area contributed by atoms with Gasteiger partial charge in [0.15, 0.2) is 0 Å². The van der Waals surface area contributed by atoms with Crippen molar-refractivity contribution in [2.24, 2.45) is 0 Å². The molecule has 0 saturated carbocycles. The van der Waals surface area contributed by atoms with Gasteiger partial charge in [-0.1, -0.05) is 23.3 Å². The van der Waals surface area contributed by atoms with Gasteiger partial charge < -0.3 is 9.57 Å². The number of hydroxylamine groups is 2. The molecule has 0 unspecified atom stereocenters. The van der Waals surface area contributed by atoms with Gasteiger partial charge in [0.05, 0.1) is 24.0 Å². The van der Waals surface area contributed by atoms with Crippen molar-refractivity contribution in [3.05, 3.63) is 59.7 Å². The fraction of sp³-hybridized carbons (Fsp3) is 0.118. The van der Waals surface area contributed by atoms with Gasteiger partial charge in [0, 0.05) is 4.90 Å². The van der Waals surface area contributed by atoms with Gasteiger partial charge in [-0.25, -0.2) is 4.79 Å². The maximum Gasteiger partial charge on any atom is 0.343 e. The summed E-state index contributed by atoms with van der Waals surface area (Å²) in [5.41, 5.74) is 0.464. The van der Waals surface area contributed by atoms with Crippen molar-refractivity contribution in [2.75, 3.05) is 12.9 Å². The Morgan fingerprint density at radius 1 is 1.04 bits per heavy atom. The van der Waals surface area contributed by atoms with Crippen LogP contribution in [-0.4, -0.2) is 35.7 Å². The third-order valence-corrected chi connectivity index (χ3v) is 4.32. The molecule has 0 fully saturated rings. The highest BCUT2D eigenvalue weighted by molar-refractivity contribution is 8.00. The van der Waals surface area contributed by atoms with Crippen molar-refractivity contribution in [3.63, 3.8) is 0 Å². The molecule has 0 bridgehead atoms. The molecule has 2 aromatic carbocycles. The third-order valence-electron chi connectivity index (χ3n) is 3.35. The Kier molecular flexibility index (Phi) is 4.52. The van der Waals surface area contributed by atoms with Gasteiger partial charge in [-0.3, -0.25) is 9.59 Å². The van der Waals surface area contributed by atoms with Gasteiger partial charge in [-0.2, -0.15) is 0 Å². The largest absolute Gasteiger partial charge is 0.497 e. The molecule has 1 aliphatic heterocycles. The molecule has 122 valence electrons. The first kappa shape index (κ1) is 16.1. The number of imide groups is 1. The molecular formula is C17H13NO5S. The van der Waals surface area contributed by atoms with Gasteiger partial charge >= 0.3 is 5.97 Å². The van der Waals surface area contributed by atoms with Crippen molar-refractivity contribution in [3.8, 4) is 5.75 Å². The number of ether oxygens (including phenoxy) is 1. The summed E-state index contributed by atoms with van der Waals surface area (Å²) in [6.07, 6.45) is 0. The summed E-state index contributed by atoms with van der Waals surface area (Å²) < 4.78 is 5.11. The molecule has 1 heterocycles. The van der Waals surface area contributed by atoms with E-state index in [-0.39, 0.29) is 16.9 Å². The Bertz CT molecular complexity index is 785. The summed E-state index contributed by atoms with van der Waals surface area (Å²) in [6.45, 7) is 0. The van der Waals surface area contributed by atoms with E-state index < -0.39 is 17.8 Å². The van der Waals surface area contributed by atoms with E-state index in [0.717, 1.165) is 4.90 Å². The Morgan fingerprint density at radius 3 is 2.33 bits per heavy atom. The predicted octanol–water partition coefficient (Wildman–Crippen LogP) is 2.54. The Hall–Kier alpha value is -2.80. The molecule has 24 heavy (non-hydrogen) atoms. The van der Waals surface area contributed by atoms with E-state index in [4.69, 9.17) is 9.57 Å². The first-order valence-corrected chi connectivity index (χ1v) is 8.04. The normalized spacial score (nSPS) is 13.0. The highest BCUT2D eigenvalue weighted by atomic mass is 32.2. The number of carbonyl (C=O) groups is 3. The first-order valence-electron chi connectivity index (χ1n) is 7.05. The molecule has 0 spiro atoms. The van der Waals surface area contributed by atoms with Crippen molar-refractivity contribution in [2.45, 2.75) is 4.90 Å². The van der Waals surface area contributed by atoms with E-state index in [9.17, 15) is 14.4 Å². The number of fused-ring (bicyclic) bond motifs is 1. The first-order chi connectivity index (χ1) is 11.6. The number of rotatable bonds is 5. The molecule has 2 aromatic rings. The Labute approximate surface area is 142 Å². The molecule has 3 rings (SSSR count). The fourth-order valence-corrected chi connectivity index (χ4v) is 2.92. The maximum atomic E-state index is 12.1. The lowest BCUT2D eigenvalue weighted by Gasteiger charge is -2.12. The van der Waals surface area contributed by atoms with Crippen LogP contribution in [0.15, 0.2) is 53.4 Å². The van der Waals surface area contributed by atoms with Crippen LogP contribution in [0.4, 0.5) is 0 Å². The van der Waals surface area contributed by atoms with Gasteiger partial charge in [-0.15, -0.1) is 11.8 Å². The van der Waals surface area contributed by atoms with Crippen LogP contribution in [0.2, 0.25) is 0 Å². The standard InChI is InChI=1S/C17H13NO5S/c1-22-11-5-4-6-12(9-11)24-10-15(19)23-18-16(20)13-7-2-3-8-14(13)17(18)21/h2-9H,10H2,1H3. The van der Waals surface area contributed by atoms with Crippen molar-refractivity contribution in [1.82, 2.24) is 5.06 Å². The quantitative estimate of drug-likeness (QED) is 0.614. The van der Waals surface area contributed by atoms with E-state index in [0.29, 0.717) is 10.8 Å². The second-order valence-electron chi connectivity index (χ2n) is 4.88. The molecule has 0 saturated heterocycles. The lowest BCUT2D eigenvalue weighted by atomic mass is 10.1. The van der Waals surface area contributed by atoms with Gasteiger partial charge in [-0.05, 0) is 30.3 Å². The highest BCUT2D eigenvalue weighted by Crippen LogP contribution is 2.25. The summed E-state index contributed by atoms with van der Waals surface area (Å²) >= 11 is 1.22. The number of thioether (sulfide) groups is 1. The number of nitrogens with zero attached hydrogens (tertiary/aromatic N) is 1. The molecule has 7 heteroatoms. The fourth-order valence-electron chi connectivity index (χ4n) is 2.21. The van der Waals surface area contributed by atoms with Crippen molar-refractivity contribution in [1.29, 1.82) is 0 Å². The van der Waals surface area contributed by atoms with Crippen LogP contribution in [-0.2, 0) is 9.63 Å². The second kappa shape index (κ2) is 6.76. The van der Waals surface area contributed by atoms with E-state index in [2.05, 4.69) is 0 Å². The summed E-state index contributed by atoms with van der Waals surface area (Å²) in [6, 6.07) is 13.5. The monoisotopic (exact) mass is 343 g/mol. The minimum absolute atomic E-state index is 0.0411. The van der Waals surface area contributed by atoms with Crippen molar-refractivity contribution >= 4 is 29.5 Å². The van der Waals surface area contributed by atoms with Crippen LogP contribution in [0.1, 0.15) is 20.7 Å². The number of amides is 2. The molecule has 0 N–H and O–H groups in total. The molecule has 0 aromatic heterocycles. The zero-order chi connectivity index (χ0) is 17.1. The average molecular weight is 343 g/mol. The highest BCUT2D eigenvalue weighted by Gasteiger charge is 2.38. The number of carbonyl (C=O) groups excluding carboxylic acids is 3. The molecule has 0 atom stereocenters. The van der Waals surface area contributed by atoms with Crippen LogP contribution in [0.25, 0.3) is 0 Å². The van der Waals surface area contributed by atoms with E-state index in [1.54, 1.807) is 37.4 Å². The van der Waals surface area contributed by atoms with Crippen molar-refractivity contribution < 1.29 is 24.0 Å². The van der Waals surface area contributed by atoms with E-state index in [1.165, 1.54) is 23.9 Å². The lowest BCUT2D eigenvalue weighted by Crippen LogP contribution is -2.33. The van der Waals surface area contributed by atoms with E-state index >= 15 is 0 Å². The second-order valence-corrected chi connectivity index (χ2v) is 5.93. The summed E-state index contributed by atoms with van der Waals surface area (Å²) in [4.78, 5) is 41.9. The van der Waals surface area contributed by atoms with Crippen LogP contribution in [0.5, 0.6) is 5.75 Å². The average Bonchev–Trinajstić information content (AvgIpc) is 2.85. The van der Waals surface area contributed by atoms with Crippen LogP contribution in [0, 0.1) is 0 Å². The maximum absolute atomic E-state index is 12.1. The lowest BCUT2D eigenvalue weighted by molar-refractivity contribution is -0.165. The SMILES string of the molecule is COc1cccc(SCC(=O)ON2C(=O)c3ccccc3C2=O)c1. The number of hydrogen-bond acceptors (Lipinski definition) is 6. The molecule has 0 radical (unpaired) electrons. The zero-order valence-electron chi connectivity index (χ0n) is 12.7. The number of benzene rings is 2. The summed E-state index contributed by atoms with van der Waals surface area (Å²) in [5, 5.41) is 0.513. The zero-order valence-corrected chi connectivity index (χ0v) is 13.5. The minimum Gasteiger partial charge on any atom is -0.497 e. The van der Waals surface area contributed by atoms with Crippen LogP contribution >= 0.6 is 11.8 Å².